The first-order chi connectivity index (χ1) is 9.11. The molecule has 0 aliphatic heterocycles. The molecule has 0 aliphatic rings. The Kier molecular flexibility index (Phi) is 4.24. The molecule has 0 saturated carbocycles. The summed E-state index contributed by atoms with van der Waals surface area (Å²) in [5.41, 5.74) is 0.761. The fraction of sp³-hybridized carbons (Fsp3) is 0.0769. The van der Waals surface area contributed by atoms with Gasteiger partial charge in [-0.25, -0.2) is 0 Å². The van der Waals surface area contributed by atoms with Gasteiger partial charge in [-0.1, -0.05) is 29.8 Å². The molecule has 0 heterocycles. The van der Waals surface area contributed by atoms with Crippen LogP contribution in [0.3, 0.4) is 0 Å². The fourth-order valence-electron chi connectivity index (χ4n) is 1.51. The number of nitro groups is 1. The molecule has 0 aromatic heterocycles. The van der Waals surface area contributed by atoms with E-state index < -0.39 is 4.92 Å². The summed E-state index contributed by atoms with van der Waals surface area (Å²) in [4.78, 5) is 10.4. The van der Waals surface area contributed by atoms with Crippen LogP contribution < -0.4 is 4.74 Å². The maximum absolute atomic E-state index is 10.9. The molecule has 0 aliphatic carbocycles. The summed E-state index contributed by atoms with van der Waals surface area (Å²) in [6.07, 6.45) is 0. The molecule has 0 N–H and O–H groups in total. The Balaban J connectivity index is 2.34. The number of ether oxygens (including phenoxy) is 1. The van der Waals surface area contributed by atoms with Gasteiger partial charge in [0.1, 0.15) is 5.75 Å². The Bertz CT molecular complexity index is 599. The Labute approximate surface area is 119 Å². The van der Waals surface area contributed by atoms with Gasteiger partial charge in [0.2, 0.25) is 5.75 Å². The molecule has 6 heteroatoms. The van der Waals surface area contributed by atoms with Crippen LogP contribution >= 0.6 is 23.2 Å². The van der Waals surface area contributed by atoms with Crippen molar-refractivity contribution in [1.29, 1.82) is 0 Å². The molecule has 4 nitrogen and oxygen atoms in total. The fourth-order valence-corrected chi connectivity index (χ4v) is 1.89. The highest BCUT2D eigenvalue weighted by atomic mass is 35.5. The average molecular weight is 298 g/mol. The second kappa shape index (κ2) is 5.91. The summed E-state index contributed by atoms with van der Waals surface area (Å²) in [6, 6.07) is 11.3. The van der Waals surface area contributed by atoms with Crippen molar-refractivity contribution >= 4 is 28.9 Å². The number of nitrogens with zero attached hydrogens (tertiary/aromatic N) is 1. The Hall–Kier alpha value is -1.78. The second-order valence-electron chi connectivity index (χ2n) is 3.72. The zero-order chi connectivity index (χ0) is 13.8. The minimum absolute atomic E-state index is 0.0350. The number of para-hydroxylation sites is 1. The van der Waals surface area contributed by atoms with Gasteiger partial charge in [-0.05, 0) is 23.8 Å². The molecular formula is C13H9Cl2NO3. The van der Waals surface area contributed by atoms with Crippen molar-refractivity contribution < 1.29 is 9.66 Å². The van der Waals surface area contributed by atoms with E-state index in [1.165, 1.54) is 18.2 Å². The van der Waals surface area contributed by atoms with Gasteiger partial charge in [0.25, 0.3) is 0 Å². The van der Waals surface area contributed by atoms with Crippen molar-refractivity contribution in [3.63, 3.8) is 0 Å². The van der Waals surface area contributed by atoms with Crippen LogP contribution in [0.4, 0.5) is 5.69 Å². The lowest BCUT2D eigenvalue weighted by Gasteiger charge is -2.08. The summed E-state index contributed by atoms with van der Waals surface area (Å²) < 4.78 is 5.48. The molecule has 0 radical (unpaired) electrons. The topological polar surface area (TPSA) is 52.4 Å². The number of nitro benzene ring substituents is 1. The van der Waals surface area contributed by atoms with Crippen LogP contribution in [-0.4, -0.2) is 4.92 Å². The number of halogens is 2. The predicted octanol–water partition coefficient (Wildman–Crippen LogP) is 4.78. The van der Waals surface area contributed by atoms with E-state index in [9.17, 15) is 10.1 Å². The number of hydrogen-bond donors (Lipinski definition) is 0. The van der Waals surface area contributed by atoms with Crippen molar-refractivity contribution in [3.05, 3.63) is 63.2 Å². The lowest BCUT2D eigenvalue weighted by Crippen LogP contribution is -1.94. The highest BCUT2D eigenvalue weighted by Gasteiger charge is 2.18. The third kappa shape index (κ3) is 3.16. The van der Waals surface area contributed by atoms with E-state index in [0.29, 0.717) is 11.6 Å². The molecule has 0 saturated heterocycles. The van der Waals surface area contributed by atoms with Gasteiger partial charge in [0.15, 0.2) is 0 Å². The van der Waals surface area contributed by atoms with E-state index in [1.54, 1.807) is 24.3 Å². The Morgan fingerprint density at radius 1 is 1.16 bits per heavy atom. The highest BCUT2D eigenvalue weighted by molar-refractivity contribution is 6.32. The van der Waals surface area contributed by atoms with Gasteiger partial charge in [0, 0.05) is 11.9 Å². The van der Waals surface area contributed by atoms with Crippen LogP contribution in [0.25, 0.3) is 0 Å². The average Bonchev–Trinajstić information content (AvgIpc) is 2.41. The number of hydrogen-bond acceptors (Lipinski definition) is 3. The molecule has 0 fully saturated rings. The maximum Gasteiger partial charge on any atom is 0.313 e. The van der Waals surface area contributed by atoms with E-state index in [0.717, 1.165) is 5.56 Å². The molecule has 98 valence electrons. The molecule has 2 aromatic carbocycles. The van der Waals surface area contributed by atoms with E-state index in [2.05, 4.69) is 0 Å². The van der Waals surface area contributed by atoms with Gasteiger partial charge in [-0.2, -0.15) is 0 Å². The van der Waals surface area contributed by atoms with E-state index in [-0.39, 0.29) is 16.5 Å². The summed E-state index contributed by atoms with van der Waals surface area (Å²) in [5.74, 6) is 0.893. The van der Waals surface area contributed by atoms with Crippen LogP contribution in [0.1, 0.15) is 5.56 Å². The number of benzene rings is 2. The summed E-state index contributed by atoms with van der Waals surface area (Å²) in [7, 11) is 0. The zero-order valence-electron chi connectivity index (χ0n) is 9.68. The number of alkyl halides is 1. The second-order valence-corrected chi connectivity index (χ2v) is 4.40. The normalized spacial score (nSPS) is 10.2. The van der Waals surface area contributed by atoms with Crippen LogP contribution in [0.15, 0.2) is 42.5 Å². The smallest absolute Gasteiger partial charge is 0.313 e. The standard InChI is InChI=1S/C13H9Cl2NO3/c14-8-9-4-6-10(7-5-9)19-13-11(15)2-1-3-12(13)16(17)18/h1-7H,8H2. The molecule has 0 unspecified atom stereocenters. The van der Waals surface area contributed by atoms with Crippen molar-refractivity contribution in [2.75, 3.05) is 0 Å². The van der Waals surface area contributed by atoms with Gasteiger partial charge in [-0.15, -0.1) is 11.6 Å². The van der Waals surface area contributed by atoms with Crippen molar-refractivity contribution in [2.24, 2.45) is 0 Å². The minimum Gasteiger partial charge on any atom is -0.449 e. The summed E-state index contributed by atoms with van der Waals surface area (Å²) in [5, 5.41) is 11.1. The Morgan fingerprint density at radius 2 is 1.84 bits per heavy atom. The first-order valence-electron chi connectivity index (χ1n) is 5.37. The molecule has 19 heavy (non-hydrogen) atoms. The molecule has 2 aromatic rings. The van der Waals surface area contributed by atoms with Crippen LogP contribution in [0, 0.1) is 10.1 Å². The van der Waals surface area contributed by atoms with Crippen molar-refractivity contribution in [3.8, 4) is 11.5 Å². The van der Waals surface area contributed by atoms with Gasteiger partial charge in [-0.3, -0.25) is 10.1 Å². The minimum atomic E-state index is -0.533. The van der Waals surface area contributed by atoms with Gasteiger partial charge >= 0.3 is 5.69 Å². The summed E-state index contributed by atoms with van der Waals surface area (Å²) in [6.45, 7) is 0. The molecular weight excluding hydrogens is 289 g/mol. The monoisotopic (exact) mass is 297 g/mol. The zero-order valence-corrected chi connectivity index (χ0v) is 11.2. The largest absolute Gasteiger partial charge is 0.449 e. The third-order valence-corrected chi connectivity index (χ3v) is 3.05. The summed E-state index contributed by atoms with van der Waals surface area (Å²) >= 11 is 11.6. The highest BCUT2D eigenvalue weighted by Crippen LogP contribution is 2.37. The van der Waals surface area contributed by atoms with Gasteiger partial charge < -0.3 is 4.74 Å². The molecule has 0 atom stereocenters. The first-order valence-corrected chi connectivity index (χ1v) is 6.28. The van der Waals surface area contributed by atoms with E-state index in [1.807, 2.05) is 0 Å². The lowest BCUT2D eigenvalue weighted by molar-refractivity contribution is -0.385. The van der Waals surface area contributed by atoms with Gasteiger partial charge in [0.05, 0.1) is 9.95 Å². The molecule has 0 amide bonds. The lowest BCUT2D eigenvalue weighted by atomic mass is 10.2. The predicted molar refractivity (Wildman–Crippen MR) is 74.2 cm³/mol. The van der Waals surface area contributed by atoms with Crippen molar-refractivity contribution in [2.45, 2.75) is 5.88 Å². The quantitative estimate of drug-likeness (QED) is 0.463. The van der Waals surface area contributed by atoms with Crippen molar-refractivity contribution in [1.82, 2.24) is 0 Å². The molecule has 0 spiro atoms. The molecule has 0 bridgehead atoms. The SMILES string of the molecule is O=[N+]([O-])c1cccc(Cl)c1Oc1ccc(CCl)cc1. The van der Waals surface area contributed by atoms with E-state index in [4.69, 9.17) is 27.9 Å². The maximum atomic E-state index is 10.9. The number of rotatable bonds is 4. The third-order valence-electron chi connectivity index (χ3n) is 2.44. The Morgan fingerprint density at radius 3 is 2.42 bits per heavy atom. The van der Waals surface area contributed by atoms with E-state index >= 15 is 0 Å². The van der Waals surface area contributed by atoms with Crippen LogP contribution in [-0.2, 0) is 5.88 Å². The first kappa shape index (κ1) is 13.6. The van der Waals surface area contributed by atoms with Crippen LogP contribution in [0.2, 0.25) is 5.02 Å². The van der Waals surface area contributed by atoms with Crippen LogP contribution in [0.5, 0.6) is 11.5 Å². The molecule has 2 rings (SSSR count).